The van der Waals surface area contributed by atoms with Crippen molar-refractivity contribution in [3.63, 3.8) is 0 Å². The topological polar surface area (TPSA) is 93.5 Å². The summed E-state index contributed by atoms with van der Waals surface area (Å²) < 4.78 is 5.20. The SMILES string of the molecule is CC1(N)[C@H](C(=O)O)[C@H]1C(=O)c1cc(Cl)c2occc2c1. The highest BCUT2D eigenvalue weighted by Gasteiger charge is 2.66. The maximum absolute atomic E-state index is 12.4. The van der Waals surface area contributed by atoms with Crippen LogP contribution in [0, 0.1) is 11.8 Å². The van der Waals surface area contributed by atoms with Crippen LogP contribution in [0.3, 0.4) is 0 Å². The first kappa shape index (κ1) is 13.1. The molecule has 3 atom stereocenters. The van der Waals surface area contributed by atoms with Gasteiger partial charge in [0.05, 0.1) is 23.1 Å². The van der Waals surface area contributed by atoms with Crippen molar-refractivity contribution in [1.82, 2.24) is 0 Å². The van der Waals surface area contributed by atoms with Crippen molar-refractivity contribution in [1.29, 1.82) is 0 Å². The van der Waals surface area contributed by atoms with Crippen molar-refractivity contribution in [2.45, 2.75) is 12.5 Å². The predicted octanol–water partition coefficient (Wildman–Crippen LogP) is 2.32. The summed E-state index contributed by atoms with van der Waals surface area (Å²) in [5.74, 6) is -2.93. The van der Waals surface area contributed by atoms with Crippen LogP contribution in [0.15, 0.2) is 28.9 Å². The first-order valence-corrected chi connectivity index (χ1v) is 6.44. The molecule has 0 radical (unpaired) electrons. The van der Waals surface area contributed by atoms with Gasteiger partial charge in [0.1, 0.15) is 0 Å². The van der Waals surface area contributed by atoms with Crippen molar-refractivity contribution in [3.8, 4) is 0 Å². The van der Waals surface area contributed by atoms with E-state index in [0.29, 0.717) is 21.6 Å². The number of furan rings is 1. The van der Waals surface area contributed by atoms with E-state index in [1.807, 2.05) is 0 Å². The molecule has 3 rings (SSSR count). The molecule has 104 valence electrons. The molecule has 20 heavy (non-hydrogen) atoms. The van der Waals surface area contributed by atoms with Gasteiger partial charge < -0.3 is 15.3 Å². The molecular formula is C14H12ClNO4. The van der Waals surface area contributed by atoms with Crippen molar-refractivity contribution in [3.05, 3.63) is 35.0 Å². The van der Waals surface area contributed by atoms with Gasteiger partial charge in [-0.15, -0.1) is 0 Å². The van der Waals surface area contributed by atoms with E-state index in [-0.39, 0.29) is 5.78 Å². The van der Waals surface area contributed by atoms with E-state index in [1.165, 1.54) is 12.3 Å². The van der Waals surface area contributed by atoms with Crippen LogP contribution in [0.1, 0.15) is 17.3 Å². The number of carboxylic acids is 1. The van der Waals surface area contributed by atoms with Crippen LogP contribution in [0.4, 0.5) is 0 Å². The number of carboxylic acid groups (broad SMARTS) is 1. The van der Waals surface area contributed by atoms with Crippen molar-refractivity contribution >= 4 is 34.3 Å². The summed E-state index contributed by atoms with van der Waals surface area (Å²) in [6.45, 7) is 1.58. The highest BCUT2D eigenvalue weighted by Crippen LogP contribution is 2.50. The van der Waals surface area contributed by atoms with Crippen LogP contribution in [0.5, 0.6) is 0 Å². The number of hydrogen-bond donors (Lipinski definition) is 2. The Bertz CT molecular complexity index is 734. The first-order valence-electron chi connectivity index (χ1n) is 6.06. The summed E-state index contributed by atoms with van der Waals surface area (Å²) in [6, 6.07) is 4.82. The standard InChI is InChI=1S/C14H12ClNO4/c1-14(16)9(10(14)13(18)19)11(17)7-4-6-2-3-20-12(6)8(15)5-7/h2-5,9-10H,16H2,1H3,(H,18,19)/t9-,10-,14?/m0/s1. The number of aliphatic carboxylic acids is 1. The minimum absolute atomic E-state index is 0.299. The normalized spacial score (nSPS) is 28.6. The van der Waals surface area contributed by atoms with Crippen LogP contribution in [0.25, 0.3) is 11.0 Å². The fourth-order valence-corrected chi connectivity index (χ4v) is 3.01. The number of carbonyl (C=O) groups excluding carboxylic acids is 1. The second-order valence-corrected chi connectivity index (χ2v) is 5.73. The van der Waals surface area contributed by atoms with Crippen LogP contribution < -0.4 is 5.73 Å². The zero-order valence-corrected chi connectivity index (χ0v) is 11.3. The third kappa shape index (κ3) is 1.74. The average molecular weight is 294 g/mol. The monoisotopic (exact) mass is 293 g/mol. The number of carbonyl (C=O) groups is 2. The Kier molecular flexibility index (Phi) is 2.68. The zero-order valence-electron chi connectivity index (χ0n) is 10.6. The highest BCUT2D eigenvalue weighted by atomic mass is 35.5. The lowest BCUT2D eigenvalue weighted by Gasteiger charge is -2.04. The Balaban J connectivity index is 2.00. The first-order chi connectivity index (χ1) is 9.34. The third-order valence-electron chi connectivity index (χ3n) is 3.90. The van der Waals surface area contributed by atoms with E-state index in [9.17, 15) is 9.59 Å². The summed E-state index contributed by atoms with van der Waals surface area (Å²) in [5, 5.41) is 10.1. The molecule has 1 aliphatic rings. The van der Waals surface area contributed by atoms with Gasteiger partial charge >= 0.3 is 5.97 Å². The minimum Gasteiger partial charge on any atom is -0.481 e. The molecule has 3 N–H and O–H groups in total. The largest absolute Gasteiger partial charge is 0.481 e. The molecule has 1 aliphatic carbocycles. The van der Waals surface area contributed by atoms with E-state index < -0.39 is 23.3 Å². The lowest BCUT2D eigenvalue weighted by molar-refractivity contribution is -0.139. The predicted molar refractivity (Wildman–Crippen MR) is 72.8 cm³/mol. The molecular weight excluding hydrogens is 282 g/mol. The van der Waals surface area contributed by atoms with E-state index in [4.69, 9.17) is 26.9 Å². The Morgan fingerprint density at radius 1 is 1.40 bits per heavy atom. The van der Waals surface area contributed by atoms with Gasteiger partial charge in [-0.3, -0.25) is 9.59 Å². The molecule has 0 saturated heterocycles. The molecule has 1 aromatic carbocycles. The number of Topliss-reactive ketones (excluding diaryl/α,β-unsaturated/α-hetero) is 1. The van der Waals surface area contributed by atoms with Gasteiger partial charge in [-0.2, -0.15) is 0 Å². The van der Waals surface area contributed by atoms with E-state index in [2.05, 4.69) is 0 Å². The summed E-state index contributed by atoms with van der Waals surface area (Å²) in [4.78, 5) is 23.5. The molecule has 0 aliphatic heterocycles. The molecule has 1 saturated carbocycles. The summed E-state index contributed by atoms with van der Waals surface area (Å²) in [5.41, 5.74) is 5.72. The van der Waals surface area contributed by atoms with E-state index in [0.717, 1.165) is 0 Å². The lowest BCUT2D eigenvalue weighted by atomic mass is 10.0. The second-order valence-electron chi connectivity index (χ2n) is 5.32. The summed E-state index contributed by atoms with van der Waals surface area (Å²) in [7, 11) is 0. The lowest BCUT2D eigenvalue weighted by Crippen LogP contribution is -2.25. The molecule has 0 amide bonds. The second kappa shape index (κ2) is 4.07. The van der Waals surface area contributed by atoms with Crippen LogP contribution in [-0.2, 0) is 4.79 Å². The van der Waals surface area contributed by atoms with E-state index >= 15 is 0 Å². The number of hydrogen-bond acceptors (Lipinski definition) is 4. The maximum Gasteiger partial charge on any atom is 0.309 e. The summed E-state index contributed by atoms with van der Waals surface area (Å²) >= 11 is 6.05. The maximum atomic E-state index is 12.4. The number of ketones is 1. The van der Waals surface area contributed by atoms with Gasteiger partial charge in [0.2, 0.25) is 0 Å². The van der Waals surface area contributed by atoms with Gasteiger partial charge in [-0.25, -0.2) is 0 Å². The molecule has 0 spiro atoms. The average Bonchev–Trinajstić information content (AvgIpc) is 2.73. The Hall–Kier alpha value is -1.85. The third-order valence-corrected chi connectivity index (χ3v) is 4.18. The Morgan fingerprint density at radius 3 is 2.70 bits per heavy atom. The van der Waals surface area contributed by atoms with Crippen LogP contribution in [-0.4, -0.2) is 22.4 Å². The van der Waals surface area contributed by atoms with Gasteiger partial charge in [0.15, 0.2) is 11.4 Å². The van der Waals surface area contributed by atoms with Crippen molar-refractivity contribution in [2.75, 3.05) is 0 Å². The fraction of sp³-hybridized carbons (Fsp3) is 0.286. The molecule has 2 aromatic rings. The van der Waals surface area contributed by atoms with Gasteiger partial charge in [-0.05, 0) is 25.1 Å². The van der Waals surface area contributed by atoms with Crippen molar-refractivity contribution in [2.24, 2.45) is 17.6 Å². The molecule has 6 heteroatoms. The fourth-order valence-electron chi connectivity index (χ4n) is 2.73. The minimum atomic E-state index is -1.05. The number of rotatable bonds is 3. The summed E-state index contributed by atoms with van der Waals surface area (Å²) in [6.07, 6.45) is 1.48. The number of fused-ring (bicyclic) bond motifs is 1. The molecule has 1 aromatic heterocycles. The smallest absolute Gasteiger partial charge is 0.309 e. The van der Waals surface area contributed by atoms with Gasteiger partial charge in [0.25, 0.3) is 0 Å². The molecule has 1 fully saturated rings. The van der Waals surface area contributed by atoms with E-state index in [1.54, 1.807) is 19.1 Å². The Labute approximate surface area is 119 Å². The number of nitrogens with two attached hydrogens (primary N) is 1. The highest BCUT2D eigenvalue weighted by molar-refractivity contribution is 6.35. The van der Waals surface area contributed by atoms with Gasteiger partial charge in [0, 0.05) is 16.5 Å². The quantitative estimate of drug-likeness (QED) is 0.847. The Morgan fingerprint density at radius 2 is 2.10 bits per heavy atom. The van der Waals surface area contributed by atoms with Crippen molar-refractivity contribution < 1.29 is 19.1 Å². The van der Waals surface area contributed by atoms with Crippen LogP contribution in [0.2, 0.25) is 5.02 Å². The molecule has 0 bridgehead atoms. The van der Waals surface area contributed by atoms with Crippen LogP contribution >= 0.6 is 11.6 Å². The molecule has 1 heterocycles. The number of benzene rings is 1. The number of halogens is 1. The molecule has 1 unspecified atom stereocenters. The zero-order chi connectivity index (χ0) is 14.7. The van der Waals surface area contributed by atoms with Gasteiger partial charge in [-0.1, -0.05) is 11.6 Å². The molecule has 5 nitrogen and oxygen atoms in total.